The van der Waals surface area contributed by atoms with E-state index in [1.165, 1.54) is 26.9 Å². The van der Waals surface area contributed by atoms with Gasteiger partial charge in [-0.25, -0.2) is 9.59 Å². The van der Waals surface area contributed by atoms with E-state index >= 15 is 0 Å². The van der Waals surface area contributed by atoms with Gasteiger partial charge in [0.05, 0.1) is 18.4 Å². The molecule has 0 saturated carbocycles. The fourth-order valence-electron chi connectivity index (χ4n) is 4.52. The SMILES string of the molecule is CN(C)Cc1cnn(C[C@@H](OC(=O)Nc2c3c(cc4c2CCC4)CCC3)C(=O)O)c1. The van der Waals surface area contributed by atoms with Gasteiger partial charge in [-0.05, 0) is 74.9 Å². The number of carbonyl (C=O) groups is 2. The van der Waals surface area contributed by atoms with Crippen molar-refractivity contribution in [2.24, 2.45) is 0 Å². The predicted octanol–water partition coefficient (Wildman–Crippen LogP) is 2.62. The summed E-state index contributed by atoms with van der Waals surface area (Å²) in [5, 5.41) is 16.6. The Morgan fingerprint density at radius 1 is 1.20 bits per heavy atom. The molecule has 1 amide bonds. The molecule has 2 aromatic rings. The second kappa shape index (κ2) is 8.47. The maximum atomic E-state index is 12.6. The minimum absolute atomic E-state index is 0.0405. The Labute approximate surface area is 175 Å². The summed E-state index contributed by atoms with van der Waals surface area (Å²) in [6.45, 7) is 0.657. The third kappa shape index (κ3) is 4.33. The molecule has 1 aromatic carbocycles. The molecular formula is C22H28N4O4. The van der Waals surface area contributed by atoms with Crippen LogP contribution in [-0.2, 0) is 48.3 Å². The van der Waals surface area contributed by atoms with Gasteiger partial charge < -0.3 is 14.7 Å². The van der Waals surface area contributed by atoms with E-state index < -0.39 is 18.2 Å². The van der Waals surface area contributed by atoms with Crippen molar-refractivity contribution < 1.29 is 19.4 Å². The fourth-order valence-corrected chi connectivity index (χ4v) is 4.52. The van der Waals surface area contributed by atoms with Crippen molar-refractivity contribution >= 4 is 17.7 Å². The van der Waals surface area contributed by atoms with Crippen LogP contribution in [0.25, 0.3) is 0 Å². The predicted molar refractivity (Wildman–Crippen MR) is 112 cm³/mol. The number of benzene rings is 1. The second-order valence-corrected chi connectivity index (χ2v) is 8.40. The number of rotatable bonds is 7. The summed E-state index contributed by atoms with van der Waals surface area (Å²) >= 11 is 0. The molecule has 2 aliphatic carbocycles. The molecule has 0 saturated heterocycles. The van der Waals surface area contributed by atoms with Crippen LogP contribution in [0.2, 0.25) is 0 Å². The molecule has 1 heterocycles. The van der Waals surface area contributed by atoms with Crippen LogP contribution in [-0.4, -0.2) is 52.0 Å². The number of nitrogens with zero attached hydrogens (tertiary/aromatic N) is 3. The van der Waals surface area contributed by atoms with E-state index in [-0.39, 0.29) is 6.54 Å². The van der Waals surface area contributed by atoms with Crippen molar-refractivity contribution in [1.29, 1.82) is 0 Å². The highest BCUT2D eigenvalue weighted by molar-refractivity contribution is 5.90. The topological polar surface area (TPSA) is 96.7 Å². The van der Waals surface area contributed by atoms with Crippen molar-refractivity contribution in [3.63, 3.8) is 0 Å². The molecule has 0 unspecified atom stereocenters. The number of nitrogens with one attached hydrogen (secondary N) is 1. The number of amides is 1. The van der Waals surface area contributed by atoms with Crippen LogP contribution >= 0.6 is 0 Å². The molecule has 0 bridgehead atoms. The Bertz CT molecular complexity index is 934. The van der Waals surface area contributed by atoms with Gasteiger partial charge >= 0.3 is 12.1 Å². The Kier molecular flexibility index (Phi) is 5.76. The van der Waals surface area contributed by atoms with E-state index in [1.807, 2.05) is 19.0 Å². The molecule has 2 N–H and O–H groups in total. The average molecular weight is 412 g/mol. The standard InChI is InChI=1S/C22H28N4O4/c1-25(2)11-14-10-23-26(12-14)13-19(21(27)28)30-22(29)24-20-17-7-3-5-15(17)9-16-6-4-8-18(16)20/h9-10,12,19H,3-8,11,13H2,1-2H3,(H,24,29)(H,27,28)/t19-/m1/s1. The average Bonchev–Trinajstić information content (AvgIpc) is 3.41. The van der Waals surface area contributed by atoms with E-state index in [1.54, 1.807) is 12.4 Å². The number of aromatic nitrogens is 2. The molecule has 8 heteroatoms. The van der Waals surface area contributed by atoms with Gasteiger partial charge in [-0.15, -0.1) is 0 Å². The van der Waals surface area contributed by atoms with E-state index in [0.29, 0.717) is 6.54 Å². The molecular weight excluding hydrogens is 384 g/mol. The number of aliphatic carboxylic acids is 1. The molecule has 1 atom stereocenters. The van der Waals surface area contributed by atoms with Gasteiger partial charge in [0.15, 0.2) is 0 Å². The number of carbonyl (C=O) groups excluding carboxylic acids is 1. The molecule has 4 rings (SSSR count). The van der Waals surface area contributed by atoms with Gasteiger partial charge in [-0.1, -0.05) is 6.07 Å². The zero-order valence-corrected chi connectivity index (χ0v) is 17.5. The highest BCUT2D eigenvalue weighted by atomic mass is 16.6. The van der Waals surface area contributed by atoms with E-state index in [0.717, 1.165) is 49.8 Å². The molecule has 30 heavy (non-hydrogen) atoms. The van der Waals surface area contributed by atoms with Gasteiger partial charge in [0, 0.05) is 18.3 Å². The monoisotopic (exact) mass is 412 g/mol. The van der Waals surface area contributed by atoms with Crippen LogP contribution in [0.1, 0.15) is 40.7 Å². The number of hydrogen-bond donors (Lipinski definition) is 2. The first-order valence-electron chi connectivity index (χ1n) is 10.4. The van der Waals surface area contributed by atoms with Gasteiger partial charge in [-0.3, -0.25) is 10.00 Å². The van der Waals surface area contributed by atoms with E-state index in [2.05, 4.69) is 16.5 Å². The highest BCUT2D eigenvalue weighted by Crippen LogP contribution is 2.38. The summed E-state index contributed by atoms with van der Waals surface area (Å²) in [5.41, 5.74) is 6.76. The first kappa shape index (κ1) is 20.4. The number of carboxylic acid groups (broad SMARTS) is 1. The molecule has 0 fully saturated rings. The summed E-state index contributed by atoms with van der Waals surface area (Å²) in [6.07, 6.45) is 7.49. The molecule has 0 spiro atoms. The van der Waals surface area contributed by atoms with Gasteiger partial charge in [-0.2, -0.15) is 5.10 Å². The fraction of sp³-hybridized carbons (Fsp3) is 0.500. The summed E-state index contributed by atoms with van der Waals surface area (Å²) in [7, 11) is 3.89. The minimum atomic E-state index is -1.32. The van der Waals surface area contributed by atoms with Crippen LogP contribution in [0.5, 0.6) is 0 Å². The maximum absolute atomic E-state index is 12.6. The highest BCUT2D eigenvalue weighted by Gasteiger charge is 2.28. The maximum Gasteiger partial charge on any atom is 0.412 e. The molecule has 0 aliphatic heterocycles. The first-order chi connectivity index (χ1) is 14.4. The molecule has 2 aliphatic rings. The number of anilines is 1. The molecule has 0 radical (unpaired) electrons. The van der Waals surface area contributed by atoms with Crippen molar-refractivity contribution in [2.75, 3.05) is 19.4 Å². The zero-order valence-electron chi connectivity index (χ0n) is 17.5. The van der Waals surface area contributed by atoms with Crippen LogP contribution in [0.15, 0.2) is 18.5 Å². The number of ether oxygens (including phenoxy) is 1. The van der Waals surface area contributed by atoms with E-state index in [4.69, 9.17) is 4.74 Å². The number of carboxylic acids is 1. The summed E-state index contributed by atoms with van der Waals surface area (Å²) in [4.78, 5) is 26.3. The van der Waals surface area contributed by atoms with Crippen LogP contribution in [0.3, 0.4) is 0 Å². The van der Waals surface area contributed by atoms with Crippen LogP contribution in [0, 0.1) is 0 Å². The number of hydrogen-bond acceptors (Lipinski definition) is 5. The van der Waals surface area contributed by atoms with Crippen molar-refractivity contribution in [3.8, 4) is 0 Å². The lowest BCUT2D eigenvalue weighted by molar-refractivity contribution is -0.147. The Morgan fingerprint density at radius 3 is 2.47 bits per heavy atom. The lowest BCUT2D eigenvalue weighted by Gasteiger charge is -2.18. The van der Waals surface area contributed by atoms with Crippen molar-refractivity contribution in [3.05, 3.63) is 46.3 Å². The summed E-state index contributed by atoms with van der Waals surface area (Å²) < 4.78 is 6.81. The normalized spacial score (nSPS) is 15.7. The Hall–Kier alpha value is -2.87. The van der Waals surface area contributed by atoms with Gasteiger partial charge in [0.1, 0.15) is 0 Å². The third-order valence-electron chi connectivity index (χ3n) is 5.76. The van der Waals surface area contributed by atoms with E-state index in [9.17, 15) is 14.7 Å². The van der Waals surface area contributed by atoms with Crippen LogP contribution in [0.4, 0.5) is 10.5 Å². The van der Waals surface area contributed by atoms with Gasteiger partial charge in [0.2, 0.25) is 6.10 Å². The molecule has 160 valence electrons. The zero-order chi connectivity index (χ0) is 21.3. The quantitative estimate of drug-likeness (QED) is 0.726. The molecule has 1 aromatic heterocycles. The minimum Gasteiger partial charge on any atom is -0.478 e. The summed E-state index contributed by atoms with van der Waals surface area (Å²) in [5.74, 6) is -1.20. The molecule has 8 nitrogen and oxygen atoms in total. The number of fused-ring (bicyclic) bond motifs is 2. The summed E-state index contributed by atoms with van der Waals surface area (Å²) in [6, 6.07) is 2.28. The lowest BCUT2D eigenvalue weighted by Crippen LogP contribution is -2.33. The largest absolute Gasteiger partial charge is 0.478 e. The third-order valence-corrected chi connectivity index (χ3v) is 5.76. The van der Waals surface area contributed by atoms with Crippen molar-refractivity contribution in [1.82, 2.24) is 14.7 Å². The first-order valence-corrected chi connectivity index (χ1v) is 10.4. The van der Waals surface area contributed by atoms with Gasteiger partial charge in [0.25, 0.3) is 0 Å². The second-order valence-electron chi connectivity index (χ2n) is 8.40. The van der Waals surface area contributed by atoms with Crippen LogP contribution < -0.4 is 5.32 Å². The number of aryl methyl sites for hydroxylation is 2. The Balaban J connectivity index is 1.46. The lowest BCUT2D eigenvalue weighted by atomic mass is 9.99. The van der Waals surface area contributed by atoms with Crippen molar-refractivity contribution in [2.45, 2.75) is 57.7 Å². The smallest absolute Gasteiger partial charge is 0.412 e. The Morgan fingerprint density at radius 2 is 1.87 bits per heavy atom.